The Balaban J connectivity index is 2.54. The van der Waals surface area contributed by atoms with Crippen LogP contribution in [0.2, 0.25) is 0 Å². The molecule has 0 saturated heterocycles. The van der Waals surface area contributed by atoms with E-state index in [4.69, 9.17) is 4.74 Å². The van der Waals surface area contributed by atoms with Crippen LogP contribution in [-0.4, -0.2) is 41.6 Å². The van der Waals surface area contributed by atoms with Gasteiger partial charge in [-0.2, -0.15) is 0 Å². The minimum absolute atomic E-state index is 0.0202. The molecule has 4 nitrogen and oxygen atoms in total. The van der Waals surface area contributed by atoms with E-state index < -0.39 is 11.6 Å². The summed E-state index contributed by atoms with van der Waals surface area (Å²) in [7, 11) is 0. The highest BCUT2D eigenvalue weighted by atomic mass is 16.5. The minimum atomic E-state index is -0.622. The van der Waals surface area contributed by atoms with Crippen LogP contribution >= 0.6 is 0 Å². The number of β-amino-alcohol motifs (C(OH)–C–C–N with tert-alkyl or cyclic N) is 1. The fourth-order valence-electron chi connectivity index (χ4n) is 3.13. The van der Waals surface area contributed by atoms with Crippen molar-refractivity contribution in [1.82, 2.24) is 5.32 Å². The summed E-state index contributed by atoms with van der Waals surface area (Å²) in [5.41, 5.74) is 1.27. The van der Waals surface area contributed by atoms with E-state index in [2.05, 4.69) is 52.1 Å². The standard InChI is InChI=1S/C21H37NO3/c1-19(2,3)14-20(4,5)16-8-10-18(11-9-16)25-13-17(24)12-22-21(6,7)15-23/h8-11,17,22-24H,12-15H2,1-7H3. The molecule has 1 unspecified atom stereocenters. The highest BCUT2D eigenvalue weighted by Gasteiger charge is 2.27. The highest BCUT2D eigenvalue weighted by molar-refractivity contribution is 5.31. The molecule has 0 aliphatic rings. The van der Waals surface area contributed by atoms with E-state index in [0.717, 1.165) is 12.2 Å². The lowest BCUT2D eigenvalue weighted by Gasteiger charge is -2.33. The average Bonchev–Trinajstić information content (AvgIpc) is 2.49. The Morgan fingerprint density at radius 1 is 1.00 bits per heavy atom. The fraction of sp³-hybridized carbons (Fsp3) is 0.714. The molecule has 0 heterocycles. The van der Waals surface area contributed by atoms with Crippen molar-refractivity contribution < 1.29 is 14.9 Å². The maximum absolute atomic E-state index is 10.0. The van der Waals surface area contributed by atoms with E-state index >= 15 is 0 Å². The predicted molar refractivity (Wildman–Crippen MR) is 104 cm³/mol. The summed E-state index contributed by atoms with van der Waals surface area (Å²) in [5, 5.41) is 22.3. The van der Waals surface area contributed by atoms with Gasteiger partial charge in [-0.05, 0) is 48.8 Å². The van der Waals surface area contributed by atoms with Gasteiger partial charge in [-0.25, -0.2) is 0 Å². The van der Waals surface area contributed by atoms with Crippen LogP contribution in [0.15, 0.2) is 24.3 Å². The molecule has 0 bridgehead atoms. The Morgan fingerprint density at radius 3 is 2.04 bits per heavy atom. The second-order valence-corrected chi connectivity index (χ2v) is 9.53. The second kappa shape index (κ2) is 8.52. The Morgan fingerprint density at radius 2 is 1.56 bits per heavy atom. The molecule has 144 valence electrons. The Labute approximate surface area is 153 Å². The molecule has 0 radical (unpaired) electrons. The van der Waals surface area contributed by atoms with E-state index in [0.29, 0.717) is 6.54 Å². The zero-order valence-corrected chi connectivity index (χ0v) is 17.0. The van der Waals surface area contributed by atoms with E-state index in [1.165, 1.54) is 5.56 Å². The summed E-state index contributed by atoms with van der Waals surface area (Å²) in [6.07, 6.45) is 0.480. The fourth-order valence-corrected chi connectivity index (χ4v) is 3.13. The predicted octanol–water partition coefficient (Wildman–Crippen LogP) is 3.50. The summed E-state index contributed by atoms with van der Waals surface area (Å²) >= 11 is 0. The molecule has 0 aliphatic carbocycles. The van der Waals surface area contributed by atoms with Crippen LogP contribution in [0.25, 0.3) is 0 Å². The first kappa shape index (κ1) is 21.9. The van der Waals surface area contributed by atoms with Gasteiger partial charge < -0.3 is 20.3 Å². The topological polar surface area (TPSA) is 61.7 Å². The lowest BCUT2D eigenvalue weighted by molar-refractivity contribution is 0.0906. The molecule has 0 fully saturated rings. The number of hydrogen-bond donors (Lipinski definition) is 3. The number of hydrogen-bond acceptors (Lipinski definition) is 4. The first-order chi connectivity index (χ1) is 11.3. The first-order valence-electron chi connectivity index (χ1n) is 9.12. The van der Waals surface area contributed by atoms with Gasteiger partial charge in [0.2, 0.25) is 0 Å². The number of benzene rings is 1. The summed E-state index contributed by atoms with van der Waals surface area (Å²) in [6, 6.07) is 8.16. The third-order valence-corrected chi connectivity index (χ3v) is 4.26. The van der Waals surface area contributed by atoms with Gasteiger partial charge in [-0.1, -0.05) is 46.8 Å². The van der Waals surface area contributed by atoms with Crippen LogP contribution in [0.1, 0.15) is 60.5 Å². The Bertz CT molecular complexity index is 515. The maximum Gasteiger partial charge on any atom is 0.119 e. The molecule has 0 amide bonds. The van der Waals surface area contributed by atoms with E-state index in [1.807, 2.05) is 26.0 Å². The van der Waals surface area contributed by atoms with Gasteiger partial charge in [0.15, 0.2) is 0 Å². The smallest absolute Gasteiger partial charge is 0.119 e. The maximum atomic E-state index is 10.0. The van der Waals surface area contributed by atoms with E-state index in [9.17, 15) is 10.2 Å². The third kappa shape index (κ3) is 8.21. The SMILES string of the molecule is CC(C)(C)CC(C)(C)c1ccc(OCC(O)CNC(C)(C)CO)cc1. The second-order valence-electron chi connectivity index (χ2n) is 9.53. The summed E-state index contributed by atoms with van der Waals surface area (Å²) < 4.78 is 5.68. The quantitative estimate of drug-likeness (QED) is 0.637. The molecule has 1 rings (SSSR count). The zero-order valence-electron chi connectivity index (χ0n) is 17.0. The van der Waals surface area contributed by atoms with Crippen LogP contribution < -0.4 is 10.1 Å². The van der Waals surface area contributed by atoms with Gasteiger partial charge in [0, 0.05) is 12.1 Å². The molecule has 4 heteroatoms. The first-order valence-corrected chi connectivity index (χ1v) is 9.12. The molecule has 25 heavy (non-hydrogen) atoms. The molecule has 1 atom stereocenters. The normalized spacial score (nSPS) is 14.4. The number of aliphatic hydroxyl groups excluding tert-OH is 2. The van der Waals surface area contributed by atoms with Crippen molar-refractivity contribution >= 4 is 0 Å². The number of nitrogens with one attached hydrogen (secondary N) is 1. The van der Waals surface area contributed by atoms with Gasteiger partial charge >= 0.3 is 0 Å². The van der Waals surface area contributed by atoms with Crippen molar-refractivity contribution in [2.45, 2.75) is 71.9 Å². The molecule has 0 saturated carbocycles. The lowest BCUT2D eigenvalue weighted by atomic mass is 9.72. The van der Waals surface area contributed by atoms with Gasteiger partial charge in [-0.3, -0.25) is 0 Å². The van der Waals surface area contributed by atoms with Crippen LogP contribution in [0.4, 0.5) is 0 Å². The van der Waals surface area contributed by atoms with Crippen LogP contribution in [0.5, 0.6) is 5.75 Å². The van der Waals surface area contributed by atoms with E-state index in [1.54, 1.807) is 0 Å². The molecular weight excluding hydrogens is 314 g/mol. The monoisotopic (exact) mass is 351 g/mol. The molecule has 1 aromatic carbocycles. The van der Waals surface area contributed by atoms with Crippen LogP contribution in [0, 0.1) is 5.41 Å². The molecule has 1 aromatic rings. The third-order valence-electron chi connectivity index (χ3n) is 4.26. The summed E-state index contributed by atoms with van der Waals surface area (Å²) in [5.74, 6) is 0.760. The molecule has 0 aliphatic heterocycles. The van der Waals surface area contributed by atoms with Crippen molar-refractivity contribution in [3.8, 4) is 5.75 Å². The van der Waals surface area contributed by atoms with Gasteiger partial charge in [0.25, 0.3) is 0 Å². The number of ether oxygens (including phenoxy) is 1. The van der Waals surface area contributed by atoms with Crippen LogP contribution in [0.3, 0.4) is 0 Å². The van der Waals surface area contributed by atoms with Crippen molar-refractivity contribution in [2.75, 3.05) is 19.8 Å². The highest BCUT2D eigenvalue weighted by Crippen LogP contribution is 2.36. The van der Waals surface area contributed by atoms with Crippen LogP contribution in [-0.2, 0) is 5.41 Å². The van der Waals surface area contributed by atoms with Crippen molar-refractivity contribution in [1.29, 1.82) is 0 Å². The van der Waals surface area contributed by atoms with Crippen molar-refractivity contribution in [3.05, 3.63) is 29.8 Å². The van der Waals surface area contributed by atoms with Crippen molar-refractivity contribution in [3.63, 3.8) is 0 Å². The van der Waals surface area contributed by atoms with Gasteiger partial charge in [0.1, 0.15) is 18.5 Å². The Kier molecular flexibility index (Phi) is 7.48. The molecule has 0 spiro atoms. The zero-order chi connectivity index (χ0) is 19.3. The largest absolute Gasteiger partial charge is 0.491 e. The molecule has 3 N–H and O–H groups in total. The van der Waals surface area contributed by atoms with Gasteiger partial charge in [-0.15, -0.1) is 0 Å². The number of aliphatic hydroxyl groups is 2. The average molecular weight is 352 g/mol. The van der Waals surface area contributed by atoms with Crippen molar-refractivity contribution in [2.24, 2.45) is 5.41 Å². The molecular formula is C21H37NO3. The minimum Gasteiger partial charge on any atom is -0.491 e. The summed E-state index contributed by atoms with van der Waals surface area (Å²) in [4.78, 5) is 0. The number of rotatable bonds is 9. The Hall–Kier alpha value is -1.10. The lowest BCUT2D eigenvalue weighted by Crippen LogP contribution is -2.47. The van der Waals surface area contributed by atoms with E-state index in [-0.39, 0.29) is 24.0 Å². The molecule has 0 aromatic heterocycles. The van der Waals surface area contributed by atoms with Gasteiger partial charge in [0.05, 0.1) is 6.61 Å². The summed E-state index contributed by atoms with van der Waals surface area (Å²) in [6.45, 7) is 15.7.